The Labute approximate surface area is 63.2 Å². The van der Waals surface area contributed by atoms with Crippen LogP contribution in [-0.4, -0.2) is 19.6 Å². The maximum Gasteiger partial charge on any atom is -0.000332 e. The standard InChI is InChI=1S/C8H18N2/c1-8(2)3-4-10-6-7(8)5-9/h7,10H,3-6,9H2,1-2H3. The molecule has 0 bridgehead atoms. The van der Waals surface area contributed by atoms with Gasteiger partial charge in [-0.05, 0) is 37.4 Å². The molecule has 2 heteroatoms. The summed E-state index contributed by atoms with van der Waals surface area (Å²) in [6, 6.07) is 0. The minimum absolute atomic E-state index is 0.458. The van der Waals surface area contributed by atoms with Gasteiger partial charge in [0.2, 0.25) is 0 Å². The van der Waals surface area contributed by atoms with Gasteiger partial charge in [0.25, 0.3) is 0 Å². The molecule has 0 radical (unpaired) electrons. The van der Waals surface area contributed by atoms with Gasteiger partial charge in [-0.3, -0.25) is 0 Å². The molecule has 0 amide bonds. The second-order valence-corrected chi connectivity index (χ2v) is 3.88. The molecule has 1 heterocycles. The van der Waals surface area contributed by atoms with Gasteiger partial charge in [0.05, 0.1) is 0 Å². The highest BCUT2D eigenvalue weighted by Gasteiger charge is 2.30. The van der Waals surface area contributed by atoms with E-state index in [0.29, 0.717) is 11.3 Å². The fourth-order valence-corrected chi connectivity index (χ4v) is 1.57. The first-order valence-electron chi connectivity index (χ1n) is 4.07. The van der Waals surface area contributed by atoms with Gasteiger partial charge in [-0.15, -0.1) is 0 Å². The normalized spacial score (nSPS) is 32.1. The molecule has 1 aliphatic heterocycles. The molecule has 1 unspecified atom stereocenters. The quantitative estimate of drug-likeness (QED) is 0.562. The first-order chi connectivity index (χ1) is 4.67. The lowest BCUT2D eigenvalue weighted by atomic mass is 9.74. The summed E-state index contributed by atoms with van der Waals surface area (Å²) in [5.74, 6) is 0.668. The zero-order valence-corrected chi connectivity index (χ0v) is 6.98. The fourth-order valence-electron chi connectivity index (χ4n) is 1.57. The van der Waals surface area contributed by atoms with Crippen molar-refractivity contribution in [2.45, 2.75) is 20.3 Å². The monoisotopic (exact) mass is 142 g/mol. The number of piperidine rings is 1. The van der Waals surface area contributed by atoms with Crippen molar-refractivity contribution in [1.82, 2.24) is 5.32 Å². The molecule has 0 spiro atoms. The van der Waals surface area contributed by atoms with Crippen molar-refractivity contribution in [2.24, 2.45) is 17.1 Å². The molecule has 1 rings (SSSR count). The van der Waals surface area contributed by atoms with Crippen LogP contribution in [0.4, 0.5) is 0 Å². The average molecular weight is 142 g/mol. The van der Waals surface area contributed by atoms with Crippen LogP contribution < -0.4 is 11.1 Å². The number of hydrogen-bond acceptors (Lipinski definition) is 2. The van der Waals surface area contributed by atoms with E-state index >= 15 is 0 Å². The highest BCUT2D eigenvalue weighted by atomic mass is 14.9. The Hall–Kier alpha value is -0.0800. The molecule has 0 saturated carbocycles. The van der Waals surface area contributed by atoms with E-state index in [1.54, 1.807) is 0 Å². The van der Waals surface area contributed by atoms with Gasteiger partial charge >= 0.3 is 0 Å². The zero-order valence-electron chi connectivity index (χ0n) is 6.98. The van der Waals surface area contributed by atoms with Gasteiger partial charge in [-0.2, -0.15) is 0 Å². The molecule has 1 fully saturated rings. The third-order valence-corrected chi connectivity index (χ3v) is 2.73. The average Bonchev–Trinajstić information content (AvgIpc) is 1.87. The smallest absolute Gasteiger partial charge is 0.000332 e. The summed E-state index contributed by atoms with van der Waals surface area (Å²) >= 11 is 0. The van der Waals surface area contributed by atoms with E-state index in [1.807, 2.05) is 0 Å². The fraction of sp³-hybridized carbons (Fsp3) is 1.00. The topological polar surface area (TPSA) is 38.0 Å². The van der Waals surface area contributed by atoms with Gasteiger partial charge in [-0.1, -0.05) is 13.8 Å². The lowest BCUT2D eigenvalue weighted by Gasteiger charge is -2.38. The van der Waals surface area contributed by atoms with Crippen molar-refractivity contribution in [2.75, 3.05) is 19.6 Å². The van der Waals surface area contributed by atoms with Crippen LogP contribution in [0.1, 0.15) is 20.3 Å². The largest absolute Gasteiger partial charge is 0.330 e. The summed E-state index contributed by atoms with van der Waals surface area (Å²) in [5, 5.41) is 3.36. The molecular weight excluding hydrogens is 124 g/mol. The Morgan fingerprint density at radius 3 is 2.70 bits per heavy atom. The van der Waals surface area contributed by atoms with E-state index in [2.05, 4.69) is 19.2 Å². The van der Waals surface area contributed by atoms with E-state index < -0.39 is 0 Å². The SMILES string of the molecule is CC1(C)CCNCC1CN. The van der Waals surface area contributed by atoms with Crippen LogP contribution in [0.3, 0.4) is 0 Å². The van der Waals surface area contributed by atoms with Crippen LogP contribution >= 0.6 is 0 Å². The van der Waals surface area contributed by atoms with Crippen LogP contribution in [0.2, 0.25) is 0 Å². The van der Waals surface area contributed by atoms with Crippen LogP contribution in [0.15, 0.2) is 0 Å². The predicted octanol–water partition coefficient (Wildman–Crippen LogP) is 0.581. The number of rotatable bonds is 1. The molecule has 60 valence electrons. The van der Waals surface area contributed by atoms with Gasteiger partial charge in [0.15, 0.2) is 0 Å². The minimum atomic E-state index is 0.458. The second-order valence-electron chi connectivity index (χ2n) is 3.88. The highest BCUT2D eigenvalue weighted by Crippen LogP contribution is 2.31. The zero-order chi connectivity index (χ0) is 7.61. The van der Waals surface area contributed by atoms with E-state index in [0.717, 1.165) is 19.6 Å². The molecular formula is C8H18N2. The molecule has 3 N–H and O–H groups in total. The molecule has 0 aromatic carbocycles. The second kappa shape index (κ2) is 2.89. The van der Waals surface area contributed by atoms with Crippen molar-refractivity contribution >= 4 is 0 Å². The maximum absolute atomic E-state index is 5.64. The Kier molecular flexibility index (Phi) is 2.32. The van der Waals surface area contributed by atoms with Gasteiger partial charge in [0, 0.05) is 0 Å². The number of hydrogen-bond donors (Lipinski definition) is 2. The van der Waals surface area contributed by atoms with Gasteiger partial charge in [-0.25, -0.2) is 0 Å². The van der Waals surface area contributed by atoms with E-state index in [-0.39, 0.29) is 0 Å². The lowest BCUT2D eigenvalue weighted by molar-refractivity contribution is 0.160. The molecule has 0 aromatic rings. The molecule has 10 heavy (non-hydrogen) atoms. The Bertz CT molecular complexity index is 110. The van der Waals surface area contributed by atoms with E-state index in [4.69, 9.17) is 5.73 Å². The third-order valence-electron chi connectivity index (χ3n) is 2.73. The third kappa shape index (κ3) is 1.50. The molecule has 1 saturated heterocycles. The summed E-state index contributed by atoms with van der Waals surface area (Å²) in [6.45, 7) is 7.70. The first-order valence-corrected chi connectivity index (χ1v) is 4.07. The van der Waals surface area contributed by atoms with E-state index in [9.17, 15) is 0 Å². The van der Waals surface area contributed by atoms with E-state index in [1.165, 1.54) is 6.42 Å². The summed E-state index contributed by atoms with van der Waals surface area (Å²) in [5.41, 5.74) is 6.10. The van der Waals surface area contributed by atoms with Gasteiger partial charge < -0.3 is 11.1 Å². The Morgan fingerprint density at radius 1 is 1.60 bits per heavy atom. The van der Waals surface area contributed by atoms with Crippen LogP contribution in [0.5, 0.6) is 0 Å². The molecule has 2 nitrogen and oxygen atoms in total. The lowest BCUT2D eigenvalue weighted by Crippen LogP contribution is -2.45. The number of nitrogens with two attached hydrogens (primary N) is 1. The Morgan fingerprint density at radius 2 is 2.30 bits per heavy atom. The maximum atomic E-state index is 5.64. The van der Waals surface area contributed by atoms with Crippen molar-refractivity contribution in [3.63, 3.8) is 0 Å². The summed E-state index contributed by atoms with van der Waals surface area (Å²) in [7, 11) is 0. The van der Waals surface area contributed by atoms with Crippen LogP contribution in [0, 0.1) is 11.3 Å². The Balaban J connectivity index is 2.51. The van der Waals surface area contributed by atoms with Crippen molar-refractivity contribution in [1.29, 1.82) is 0 Å². The summed E-state index contributed by atoms with van der Waals surface area (Å²) < 4.78 is 0. The number of nitrogens with one attached hydrogen (secondary N) is 1. The molecule has 1 atom stereocenters. The van der Waals surface area contributed by atoms with Crippen molar-refractivity contribution < 1.29 is 0 Å². The minimum Gasteiger partial charge on any atom is -0.330 e. The summed E-state index contributed by atoms with van der Waals surface area (Å²) in [6.07, 6.45) is 1.26. The van der Waals surface area contributed by atoms with Crippen molar-refractivity contribution in [3.05, 3.63) is 0 Å². The summed E-state index contributed by atoms with van der Waals surface area (Å²) in [4.78, 5) is 0. The molecule has 0 aromatic heterocycles. The van der Waals surface area contributed by atoms with Crippen LogP contribution in [0.25, 0.3) is 0 Å². The first kappa shape index (κ1) is 8.02. The van der Waals surface area contributed by atoms with Gasteiger partial charge in [0.1, 0.15) is 0 Å². The predicted molar refractivity (Wildman–Crippen MR) is 43.8 cm³/mol. The van der Waals surface area contributed by atoms with Crippen LogP contribution in [-0.2, 0) is 0 Å². The molecule has 1 aliphatic rings. The highest BCUT2D eigenvalue weighted by molar-refractivity contribution is 4.85. The molecule has 0 aliphatic carbocycles. The van der Waals surface area contributed by atoms with Crippen molar-refractivity contribution in [3.8, 4) is 0 Å².